The molecule has 2 unspecified atom stereocenters. The lowest BCUT2D eigenvalue weighted by Crippen LogP contribution is -2.46. The van der Waals surface area contributed by atoms with Crippen LogP contribution in [0.3, 0.4) is 0 Å². The first kappa shape index (κ1) is 22.7. The second-order valence-corrected chi connectivity index (χ2v) is 9.54. The molecule has 1 saturated carbocycles. The van der Waals surface area contributed by atoms with Crippen molar-refractivity contribution in [2.45, 2.75) is 57.4 Å². The van der Waals surface area contributed by atoms with Crippen LogP contribution in [-0.2, 0) is 6.42 Å². The maximum absolute atomic E-state index is 5.79. The van der Waals surface area contributed by atoms with Crippen molar-refractivity contribution in [3.05, 3.63) is 35.9 Å². The Bertz CT molecular complexity index is 555. The van der Waals surface area contributed by atoms with Gasteiger partial charge in [-0.3, -0.25) is 0 Å². The smallest absolute Gasteiger partial charge is 0.00924 e. The van der Waals surface area contributed by atoms with Crippen LogP contribution in [0.2, 0.25) is 0 Å². The monoisotopic (exact) mass is 400 g/mol. The third-order valence-electron chi connectivity index (χ3n) is 7.59. The Morgan fingerprint density at radius 1 is 0.966 bits per heavy atom. The van der Waals surface area contributed by atoms with Gasteiger partial charge in [-0.1, -0.05) is 30.3 Å². The number of benzene rings is 1. The van der Waals surface area contributed by atoms with E-state index in [1.807, 2.05) is 0 Å². The van der Waals surface area contributed by atoms with Gasteiger partial charge in [0.2, 0.25) is 0 Å². The lowest BCUT2D eigenvalue weighted by Gasteiger charge is -2.45. The molecule has 2 fully saturated rings. The van der Waals surface area contributed by atoms with E-state index < -0.39 is 0 Å². The summed E-state index contributed by atoms with van der Waals surface area (Å²) in [6.07, 6.45) is 10.4. The molecule has 164 valence electrons. The molecule has 1 aliphatic heterocycles. The molecule has 1 aliphatic carbocycles. The first-order chi connectivity index (χ1) is 14.2. The number of nitrogens with zero attached hydrogens (tertiary/aromatic N) is 2. The van der Waals surface area contributed by atoms with Crippen LogP contribution in [0.25, 0.3) is 0 Å². The van der Waals surface area contributed by atoms with Gasteiger partial charge in [0.25, 0.3) is 0 Å². The molecule has 4 heteroatoms. The summed E-state index contributed by atoms with van der Waals surface area (Å²) in [5.74, 6) is 2.57. The highest BCUT2D eigenvalue weighted by atomic mass is 15.1. The molecular formula is C25H44N4. The van der Waals surface area contributed by atoms with Gasteiger partial charge in [0.15, 0.2) is 0 Å². The van der Waals surface area contributed by atoms with Crippen LogP contribution in [0, 0.1) is 17.8 Å². The lowest BCUT2D eigenvalue weighted by atomic mass is 9.68. The fourth-order valence-corrected chi connectivity index (χ4v) is 5.82. The van der Waals surface area contributed by atoms with Crippen molar-refractivity contribution < 1.29 is 0 Å². The Kier molecular flexibility index (Phi) is 9.44. The summed E-state index contributed by atoms with van der Waals surface area (Å²) in [6, 6.07) is 11.9. The van der Waals surface area contributed by atoms with Gasteiger partial charge < -0.3 is 21.3 Å². The quantitative estimate of drug-likeness (QED) is 0.632. The average molecular weight is 401 g/mol. The largest absolute Gasteiger partial charge is 0.330 e. The Balaban J connectivity index is 1.60. The lowest BCUT2D eigenvalue weighted by molar-refractivity contribution is 0.0475. The number of likely N-dealkylation sites (tertiary alicyclic amines) is 1. The van der Waals surface area contributed by atoms with Crippen LogP contribution in [0.15, 0.2) is 30.3 Å². The Hall–Kier alpha value is -0.940. The van der Waals surface area contributed by atoms with Crippen molar-refractivity contribution in [2.75, 3.05) is 46.3 Å². The minimum absolute atomic E-state index is 0.766. The van der Waals surface area contributed by atoms with E-state index in [4.69, 9.17) is 11.5 Å². The predicted molar refractivity (Wildman–Crippen MR) is 124 cm³/mol. The highest BCUT2D eigenvalue weighted by Gasteiger charge is 2.37. The minimum atomic E-state index is 0.766. The predicted octanol–water partition coefficient (Wildman–Crippen LogP) is 3.36. The molecule has 4 nitrogen and oxygen atoms in total. The zero-order chi connectivity index (χ0) is 20.5. The van der Waals surface area contributed by atoms with E-state index in [0.29, 0.717) is 0 Å². The summed E-state index contributed by atoms with van der Waals surface area (Å²) in [5, 5.41) is 0. The normalized spacial score (nSPS) is 28.7. The average Bonchev–Trinajstić information content (AvgIpc) is 2.77. The maximum Gasteiger partial charge on any atom is 0.00924 e. The zero-order valence-electron chi connectivity index (χ0n) is 18.6. The summed E-state index contributed by atoms with van der Waals surface area (Å²) in [5.41, 5.74) is 13.0. The molecule has 0 amide bonds. The summed E-state index contributed by atoms with van der Waals surface area (Å²) >= 11 is 0. The standard InChI is InChI=1S/C25H44N4/c1-28(16-5-14-26)24-11-9-22(10-12-24)25-20-29(17-6-15-27)18-13-23(25)19-21-7-3-2-4-8-21/h2-4,7-8,22-25H,5-6,9-20,26-27H2,1H3. The first-order valence-corrected chi connectivity index (χ1v) is 12.1. The highest BCUT2D eigenvalue weighted by molar-refractivity contribution is 5.15. The van der Waals surface area contributed by atoms with Crippen LogP contribution < -0.4 is 11.5 Å². The summed E-state index contributed by atoms with van der Waals surface area (Å²) in [6.45, 7) is 6.50. The molecule has 0 spiro atoms. The van der Waals surface area contributed by atoms with Crippen LogP contribution in [0.5, 0.6) is 0 Å². The fourth-order valence-electron chi connectivity index (χ4n) is 5.82. The maximum atomic E-state index is 5.79. The van der Waals surface area contributed by atoms with E-state index in [1.165, 1.54) is 63.7 Å². The molecule has 2 atom stereocenters. The molecule has 1 heterocycles. The van der Waals surface area contributed by atoms with Crippen molar-refractivity contribution >= 4 is 0 Å². The molecule has 4 N–H and O–H groups in total. The molecule has 1 aromatic carbocycles. The van der Waals surface area contributed by atoms with Gasteiger partial charge in [0, 0.05) is 12.6 Å². The van der Waals surface area contributed by atoms with E-state index >= 15 is 0 Å². The van der Waals surface area contributed by atoms with E-state index in [1.54, 1.807) is 0 Å². The van der Waals surface area contributed by atoms with Crippen LogP contribution in [-0.4, -0.2) is 62.2 Å². The number of hydrogen-bond donors (Lipinski definition) is 2. The van der Waals surface area contributed by atoms with Gasteiger partial charge in [-0.05, 0) is 114 Å². The zero-order valence-corrected chi connectivity index (χ0v) is 18.6. The molecule has 1 saturated heterocycles. The van der Waals surface area contributed by atoms with E-state index in [9.17, 15) is 0 Å². The topological polar surface area (TPSA) is 58.5 Å². The van der Waals surface area contributed by atoms with Crippen LogP contribution in [0.1, 0.15) is 50.5 Å². The fraction of sp³-hybridized carbons (Fsp3) is 0.760. The minimum Gasteiger partial charge on any atom is -0.330 e. The van der Waals surface area contributed by atoms with Gasteiger partial charge in [-0.25, -0.2) is 0 Å². The van der Waals surface area contributed by atoms with Gasteiger partial charge in [0.1, 0.15) is 0 Å². The molecule has 2 aliphatic rings. The second-order valence-electron chi connectivity index (χ2n) is 9.54. The van der Waals surface area contributed by atoms with Crippen LogP contribution >= 0.6 is 0 Å². The van der Waals surface area contributed by atoms with Crippen molar-refractivity contribution in [1.29, 1.82) is 0 Å². The Morgan fingerprint density at radius 2 is 1.69 bits per heavy atom. The van der Waals surface area contributed by atoms with Crippen molar-refractivity contribution in [3.8, 4) is 0 Å². The molecule has 29 heavy (non-hydrogen) atoms. The summed E-state index contributed by atoms with van der Waals surface area (Å²) in [4.78, 5) is 5.28. The molecule has 0 aromatic heterocycles. The van der Waals surface area contributed by atoms with Gasteiger partial charge in [0.05, 0.1) is 0 Å². The SMILES string of the molecule is CN(CCCN)C1CCC(C2CN(CCCN)CCC2Cc2ccccc2)CC1. The second kappa shape index (κ2) is 12.0. The number of hydrogen-bond acceptors (Lipinski definition) is 4. The third-order valence-corrected chi connectivity index (χ3v) is 7.59. The summed E-state index contributed by atoms with van der Waals surface area (Å²) in [7, 11) is 2.30. The van der Waals surface area contributed by atoms with E-state index in [2.05, 4.69) is 47.2 Å². The first-order valence-electron chi connectivity index (χ1n) is 12.1. The molecule has 0 radical (unpaired) electrons. The number of nitrogens with two attached hydrogens (primary N) is 2. The van der Waals surface area contributed by atoms with Crippen molar-refractivity contribution in [2.24, 2.45) is 29.2 Å². The number of piperidine rings is 1. The highest BCUT2D eigenvalue weighted by Crippen LogP contribution is 2.40. The van der Waals surface area contributed by atoms with Gasteiger partial charge in [-0.2, -0.15) is 0 Å². The van der Waals surface area contributed by atoms with Crippen molar-refractivity contribution in [3.63, 3.8) is 0 Å². The van der Waals surface area contributed by atoms with E-state index in [-0.39, 0.29) is 0 Å². The van der Waals surface area contributed by atoms with Gasteiger partial charge in [-0.15, -0.1) is 0 Å². The van der Waals surface area contributed by atoms with Crippen LogP contribution in [0.4, 0.5) is 0 Å². The Labute approximate surface area is 179 Å². The number of rotatable bonds is 10. The Morgan fingerprint density at radius 3 is 2.38 bits per heavy atom. The molecule has 3 rings (SSSR count). The van der Waals surface area contributed by atoms with E-state index in [0.717, 1.165) is 56.3 Å². The molecular weight excluding hydrogens is 356 g/mol. The van der Waals surface area contributed by atoms with Gasteiger partial charge >= 0.3 is 0 Å². The van der Waals surface area contributed by atoms with Crippen molar-refractivity contribution in [1.82, 2.24) is 9.80 Å². The molecule has 1 aromatic rings. The summed E-state index contributed by atoms with van der Waals surface area (Å²) < 4.78 is 0. The molecule has 0 bridgehead atoms. The third kappa shape index (κ3) is 6.78.